The lowest BCUT2D eigenvalue weighted by Crippen LogP contribution is -2.60. The molecule has 2 aromatic heterocycles. The minimum Gasteiger partial charge on any atom is -0.454 e. The average Bonchev–Trinajstić information content (AvgIpc) is 3.14. The van der Waals surface area contributed by atoms with Gasteiger partial charge in [-0.05, 0) is 62.6 Å². The Balaban J connectivity index is 1.11. The van der Waals surface area contributed by atoms with Gasteiger partial charge in [0.15, 0.2) is 11.6 Å². The Labute approximate surface area is 312 Å². The van der Waals surface area contributed by atoms with Crippen molar-refractivity contribution in [1.29, 1.82) is 5.26 Å². The summed E-state index contributed by atoms with van der Waals surface area (Å²) in [5.41, 5.74) is 1.18. The van der Waals surface area contributed by atoms with Crippen molar-refractivity contribution in [2.45, 2.75) is 44.5 Å². The number of aromatic nitrogens is 2. The molecular formula is C38H39FN8O6S. The lowest BCUT2D eigenvalue weighted by molar-refractivity contribution is -0.142. The minimum atomic E-state index is -3.16. The number of benzene rings is 2. The number of nitrogens with one attached hydrogen (secondary N) is 2. The minimum absolute atomic E-state index is 0.0113. The molecule has 14 nitrogen and oxygen atoms in total. The van der Waals surface area contributed by atoms with Crippen molar-refractivity contribution in [2.75, 3.05) is 41.4 Å². The predicted octanol–water partition coefficient (Wildman–Crippen LogP) is 5.46. The van der Waals surface area contributed by atoms with Crippen LogP contribution >= 0.6 is 0 Å². The summed E-state index contributed by atoms with van der Waals surface area (Å²) in [5, 5.41) is 14.9. The largest absolute Gasteiger partial charge is 0.454 e. The molecule has 1 atom stereocenters. The lowest BCUT2D eigenvalue weighted by Gasteiger charge is -2.40. The lowest BCUT2D eigenvalue weighted by atomic mass is 10.0. The number of carbonyl (C=O) groups excluding carboxylic acids is 3. The van der Waals surface area contributed by atoms with Gasteiger partial charge in [-0.1, -0.05) is 30.3 Å². The molecule has 0 bridgehead atoms. The van der Waals surface area contributed by atoms with Crippen LogP contribution in [0.25, 0.3) is 0 Å². The van der Waals surface area contributed by atoms with Crippen molar-refractivity contribution in [3.05, 3.63) is 95.9 Å². The average molecular weight is 755 g/mol. The van der Waals surface area contributed by atoms with Crippen LogP contribution in [-0.2, 0) is 26.0 Å². The van der Waals surface area contributed by atoms with Gasteiger partial charge in [-0.25, -0.2) is 27.6 Å². The zero-order chi connectivity index (χ0) is 38.6. The normalized spacial score (nSPS) is 16.7. The second-order valence-electron chi connectivity index (χ2n) is 13.4. The molecule has 4 heterocycles. The van der Waals surface area contributed by atoms with Gasteiger partial charge in [0, 0.05) is 55.9 Å². The summed E-state index contributed by atoms with van der Waals surface area (Å²) in [5.74, 6) is -2.06. The highest BCUT2D eigenvalue weighted by atomic mass is 32.2. The van der Waals surface area contributed by atoms with E-state index in [9.17, 15) is 28.1 Å². The Morgan fingerprint density at radius 2 is 1.78 bits per heavy atom. The Hall–Kier alpha value is -6.08. The van der Waals surface area contributed by atoms with E-state index < -0.39 is 44.7 Å². The first-order chi connectivity index (χ1) is 25.8. The van der Waals surface area contributed by atoms with Crippen LogP contribution < -0.4 is 20.3 Å². The fourth-order valence-electron chi connectivity index (χ4n) is 6.36. The number of hydrogen-bond acceptors (Lipinski definition) is 11. The number of anilines is 4. The molecule has 1 unspecified atom stereocenters. The first-order valence-corrected chi connectivity index (χ1v) is 19.3. The number of amides is 4. The van der Waals surface area contributed by atoms with Crippen LogP contribution in [0.3, 0.4) is 0 Å². The molecule has 54 heavy (non-hydrogen) atoms. The van der Waals surface area contributed by atoms with E-state index in [0.29, 0.717) is 48.9 Å². The van der Waals surface area contributed by atoms with Gasteiger partial charge in [0.05, 0.1) is 17.4 Å². The highest BCUT2D eigenvalue weighted by Gasteiger charge is 2.43. The highest BCUT2D eigenvalue weighted by molar-refractivity contribution is 7.91. The number of piperidine rings is 1. The highest BCUT2D eigenvalue weighted by Crippen LogP contribution is 2.31. The van der Waals surface area contributed by atoms with Crippen molar-refractivity contribution < 1.29 is 31.9 Å². The third-order valence-corrected chi connectivity index (χ3v) is 11.0. The van der Waals surface area contributed by atoms with Crippen molar-refractivity contribution in [3.8, 4) is 17.6 Å². The number of nitrogens with zero attached hydrogens (tertiary/aromatic N) is 6. The summed E-state index contributed by atoms with van der Waals surface area (Å²) in [6, 6.07) is 20.6. The van der Waals surface area contributed by atoms with Crippen molar-refractivity contribution in [2.24, 2.45) is 5.92 Å². The maximum Gasteiger partial charge on any atom is 0.327 e. The predicted molar refractivity (Wildman–Crippen MR) is 199 cm³/mol. The number of ether oxygens (including phenoxy) is 1. The van der Waals surface area contributed by atoms with E-state index in [1.807, 2.05) is 11.0 Å². The smallest absolute Gasteiger partial charge is 0.327 e. The fraction of sp³-hybridized carbons (Fsp3) is 0.316. The zero-order valence-electron chi connectivity index (χ0n) is 29.9. The third kappa shape index (κ3) is 8.58. The summed E-state index contributed by atoms with van der Waals surface area (Å²) in [7, 11) is -3.16. The van der Waals surface area contributed by atoms with Crippen molar-refractivity contribution in [3.63, 3.8) is 0 Å². The number of urea groups is 1. The molecule has 0 spiro atoms. The number of hydrogen-bond donors (Lipinski definition) is 2. The molecule has 0 aliphatic carbocycles. The van der Waals surface area contributed by atoms with E-state index in [4.69, 9.17) is 4.74 Å². The molecule has 2 saturated heterocycles. The molecule has 2 N–H and O–H groups in total. The second kappa shape index (κ2) is 15.9. The van der Waals surface area contributed by atoms with E-state index in [-0.39, 0.29) is 36.3 Å². The first-order valence-electron chi connectivity index (χ1n) is 17.3. The molecule has 16 heteroatoms. The SMILES string of the molecule is CC(C)N1CC(C(=O)Nc2ccc(Oc3ccnc(Nc4ccc(C#N)c(N5CCC(S(C)(=O)=O)CC5)n4)c3)c(F)c2)C(=O)N(Cc2ccccc2)C1=O. The van der Waals surface area contributed by atoms with Crippen LogP contribution in [0, 0.1) is 23.1 Å². The molecule has 2 aliphatic heterocycles. The van der Waals surface area contributed by atoms with Gasteiger partial charge in [0.2, 0.25) is 11.8 Å². The molecular weight excluding hydrogens is 716 g/mol. The van der Waals surface area contributed by atoms with Crippen LogP contribution in [0.2, 0.25) is 0 Å². The van der Waals surface area contributed by atoms with Crippen LogP contribution in [-0.4, -0.2) is 83.2 Å². The van der Waals surface area contributed by atoms with Crippen molar-refractivity contribution >= 4 is 50.8 Å². The van der Waals surface area contributed by atoms with Gasteiger partial charge in [-0.2, -0.15) is 5.26 Å². The molecule has 2 fully saturated rings. The van der Waals surface area contributed by atoms with Gasteiger partial charge in [-0.15, -0.1) is 0 Å². The summed E-state index contributed by atoms with van der Waals surface area (Å²) in [6.45, 7) is 4.37. The van der Waals surface area contributed by atoms with Crippen LogP contribution in [0.5, 0.6) is 11.5 Å². The molecule has 0 saturated carbocycles. The number of pyridine rings is 2. The topological polar surface area (TPSA) is 178 Å². The summed E-state index contributed by atoms with van der Waals surface area (Å²) < 4.78 is 45.2. The van der Waals surface area contributed by atoms with Gasteiger partial charge in [0.25, 0.3) is 0 Å². The molecule has 6 rings (SSSR count). The Morgan fingerprint density at radius 1 is 1.04 bits per heavy atom. The number of sulfone groups is 1. The standard InChI is InChI=1S/C38H39FN8O6S/c1-24(2)46-23-30(37(49)47(38(46)50)22-25-7-5-4-6-8-25)36(48)42-27-10-11-32(31(39)19-27)53-28-13-16-41-34(20-28)43-33-12-9-26(21-40)35(44-33)45-17-14-29(15-18-45)54(3,51)52/h4-13,16,19-20,24,29-30H,14-15,17-18,22-23H2,1-3H3,(H,42,48)(H,41,43,44). The van der Waals surface area contributed by atoms with Crippen LogP contribution in [0.1, 0.15) is 37.8 Å². The van der Waals surface area contributed by atoms with E-state index in [2.05, 4.69) is 26.7 Å². The molecule has 280 valence electrons. The number of imide groups is 1. The van der Waals surface area contributed by atoms with E-state index in [1.54, 1.807) is 50.2 Å². The van der Waals surface area contributed by atoms with Gasteiger partial charge >= 0.3 is 6.03 Å². The van der Waals surface area contributed by atoms with E-state index in [1.165, 1.54) is 41.6 Å². The molecule has 4 amide bonds. The Bertz CT molecular complexity index is 2210. The first kappa shape index (κ1) is 37.7. The summed E-state index contributed by atoms with van der Waals surface area (Å²) in [4.78, 5) is 53.4. The van der Waals surface area contributed by atoms with Crippen LogP contribution in [0.15, 0.2) is 79.0 Å². The number of halogens is 1. The second-order valence-corrected chi connectivity index (χ2v) is 15.8. The third-order valence-electron chi connectivity index (χ3n) is 9.30. The fourth-order valence-corrected chi connectivity index (χ4v) is 7.43. The number of rotatable bonds is 11. The summed E-state index contributed by atoms with van der Waals surface area (Å²) in [6.07, 6.45) is 3.56. The monoisotopic (exact) mass is 754 g/mol. The maximum atomic E-state index is 15.3. The van der Waals surface area contributed by atoms with E-state index in [0.717, 1.165) is 16.5 Å². The zero-order valence-corrected chi connectivity index (χ0v) is 30.7. The van der Waals surface area contributed by atoms with Crippen molar-refractivity contribution in [1.82, 2.24) is 19.8 Å². The number of carbonyl (C=O) groups is 3. The molecule has 4 aromatic rings. The van der Waals surface area contributed by atoms with E-state index >= 15 is 4.39 Å². The quantitative estimate of drug-likeness (QED) is 0.186. The molecule has 2 aromatic carbocycles. The Morgan fingerprint density at radius 3 is 2.44 bits per heavy atom. The van der Waals surface area contributed by atoms with Gasteiger partial charge in [0.1, 0.15) is 45.0 Å². The van der Waals surface area contributed by atoms with Crippen LogP contribution in [0.4, 0.5) is 32.3 Å². The van der Waals surface area contributed by atoms with Gasteiger partial charge in [-0.3, -0.25) is 14.5 Å². The summed E-state index contributed by atoms with van der Waals surface area (Å²) >= 11 is 0. The maximum absolute atomic E-state index is 15.3. The van der Waals surface area contributed by atoms with Gasteiger partial charge < -0.3 is 25.2 Å². The molecule has 0 radical (unpaired) electrons. The number of nitriles is 1. The Kier molecular flexibility index (Phi) is 11.1. The molecule has 2 aliphatic rings.